The molecule has 0 aromatic heterocycles. The van der Waals surface area contributed by atoms with Crippen LogP contribution in [0.3, 0.4) is 0 Å². The zero-order valence-electron chi connectivity index (χ0n) is 58.6. The number of likely N-dealkylation sites (N-methyl/N-ethyl adjacent to an activating group) is 1. The quantitative estimate of drug-likeness (QED) is 0.103. The van der Waals surface area contributed by atoms with E-state index in [2.05, 4.69) is 85.2 Å². The van der Waals surface area contributed by atoms with Crippen molar-refractivity contribution in [2.24, 2.45) is 0 Å². The summed E-state index contributed by atoms with van der Waals surface area (Å²) in [7, 11) is 14.1. The lowest BCUT2D eigenvalue weighted by Gasteiger charge is -2.45. The van der Waals surface area contributed by atoms with Gasteiger partial charge in [-0.3, -0.25) is 29.4 Å². The molecule has 548 valence electrons. The summed E-state index contributed by atoms with van der Waals surface area (Å²) in [4.78, 5) is 25.8. The first-order valence-electron chi connectivity index (χ1n) is 35.2. The van der Waals surface area contributed by atoms with Crippen molar-refractivity contribution in [3.63, 3.8) is 0 Å². The van der Waals surface area contributed by atoms with Gasteiger partial charge >= 0.3 is 18.5 Å². The van der Waals surface area contributed by atoms with Crippen LogP contribution >= 0.6 is 0 Å². The molecular formula is C66H126F9N13O5. The van der Waals surface area contributed by atoms with E-state index in [0.29, 0.717) is 51.5 Å². The van der Waals surface area contributed by atoms with Crippen molar-refractivity contribution < 1.29 is 63.9 Å². The fraction of sp³-hybridized carbons (Fsp3) is 0.985. The molecule has 8 heterocycles. The zero-order chi connectivity index (χ0) is 68.6. The van der Waals surface area contributed by atoms with Gasteiger partial charge in [0.15, 0.2) is 0 Å². The van der Waals surface area contributed by atoms with Crippen LogP contribution in [0.25, 0.3) is 0 Å². The number of hydrogen-bond acceptors (Lipinski definition) is 18. The van der Waals surface area contributed by atoms with Crippen LogP contribution in [0.4, 0.5) is 39.5 Å². The molecule has 2 N–H and O–H groups in total. The molecule has 0 aromatic carbocycles. The number of halogens is 9. The summed E-state index contributed by atoms with van der Waals surface area (Å²) in [6.07, 6.45) is 4.83. The summed E-state index contributed by atoms with van der Waals surface area (Å²) in [5.41, 5.74) is 0. The molecule has 1 saturated carbocycles. The second-order valence-electron chi connectivity index (χ2n) is 27.7. The number of ether oxygens (including phenoxy) is 3. The first-order chi connectivity index (χ1) is 44.2. The van der Waals surface area contributed by atoms with Gasteiger partial charge in [-0.2, -0.15) is 44.8 Å². The monoisotopic (exact) mass is 1350 g/mol. The van der Waals surface area contributed by atoms with Gasteiger partial charge in [0.25, 0.3) is 0 Å². The Kier molecular flexibility index (Phi) is 39.9. The molecular weight excluding hydrogens is 1230 g/mol. The molecule has 8 saturated heterocycles. The third kappa shape index (κ3) is 33.3. The minimum absolute atomic E-state index is 0.0305. The van der Waals surface area contributed by atoms with Gasteiger partial charge in [-0.1, -0.05) is 20.3 Å². The summed E-state index contributed by atoms with van der Waals surface area (Å²) in [6.45, 7) is 22.3. The van der Waals surface area contributed by atoms with E-state index < -0.39 is 38.2 Å². The highest BCUT2D eigenvalue weighted by atomic mass is 19.4. The number of piperidine rings is 6. The Morgan fingerprint density at radius 1 is 0.398 bits per heavy atom. The lowest BCUT2D eigenvalue weighted by atomic mass is 9.88. The van der Waals surface area contributed by atoms with Gasteiger partial charge in [0.2, 0.25) is 0 Å². The van der Waals surface area contributed by atoms with E-state index in [0.717, 1.165) is 129 Å². The third-order valence-electron chi connectivity index (χ3n) is 20.5. The Morgan fingerprint density at radius 2 is 0.710 bits per heavy atom. The number of rotatable bonds is 23. The maximum absolute atomic E-state index is 12.6. The molecule has 18 nitrogen and oxygen atoms in total. The standard InChI is InChI=1S/C12H24N2O.C11H19F3N2O.C11H21F3N2O.C11H21N3.C11H22N2O.C10H19F3N2O/c1-13-7-5-12(6-8-13)14(9-10-15)11-3-2-4-11;1-15-4-2-9(3-5-15)16(8-11(12,13)14)10-6-17-7-10;1-15-5-3-10(4-6-15)16(7-8-17-2)9-11(12,13)14;1-3-14(8-4-7-12)11-5-9-13(2)10-6-11;1-3-13(11-8-14-9-11)10-4-6-12(2)7-5-10;1-14-4-2-9(3-5-14)15(6-7-16)8-10(11,12)13/h11-12,15H,2-10H2,1H3;9-10H,2-8H2,1H3;10H,3-9H2,1-2H3;11H,3-6,8-10H2,1-2H3;10-11H,3-9H2,1-2H3;9,16H,2-8H2,1H3. The fourth-order valence-corrected chi connectivity index (χ4v) is 14.3. The molecule has 0 bridgehead atoms. The maximum Gasteiger partial charge on any atom is 0.401 e. The second kappa shape index (κ2) is 44.3. The minimum Gasteiger partial charge on any atom is -0.395 e. The van der Waals surface area contributed by atoms with Crippen LogP contribution in [-0.2, 0) is 14.2 Å². The second-order valence-corrected chi connectivity index (χ2v) is 27.7. The predicted molar refractivity (Wildman–Crippen MR) is 351 cm³/mol. The topological polar surface area (TPSA) is 131 Å². The molecule has 1 aliphatic carbocycles. The Hall–Kier alpha value is -1.82. The normalized spacial score (nSPS) is 23.0. The SMILES string of the molecule is CCN(C1CCN(C)CC1)C1COC1.CCN(CCC#N)C1CCN(C)CC1.CN1CCC(N(CC(F)(F)F)C2COC2)CC1.CN1CCC(N(CCO)C2CCC2)CC1.CN1CCC(N(CCO)CC(F)(F)F)CC1.COCCN(CC(F)(F)F)C1CCN(C)CC1. The van der Waals surface area contributed by atoms with Crippen LogP contribution in [0, 0.1) is 11.3 Å². The van der Waals surface area contributed by atoms with Crippen LogP contribution in [0.1, 0.15) is 117 Å². The molecule has 9 fully saturated rings. The molecule has 0 spiro atoms. The lowest BCUT2D eigenvalue weighted by molar-refractivity contribution is -0.180. The number of likely N-dealkylation sites (tertiary alicyclic amines) is 6. The third-order valence-corrected chi connectivity index (χ3v) is 20.5. The van der Waals surface area contributed by atoms with Gasteiger partial charge in [-0.05, 0) is 224 Å². The van der Waals surface area contributed by atoms with Crippen molar-refractivity contribution in [3.8, 4) is 6.07 Å². The number of nitrogens with zero attached hydrogens (tertiary/aromatic N) is 13. The minimum atomic E-state index is -4.18. The number of nitriles is 1. The molecule has 9 aliphatic rings. The number of aliphatic hydroxyl groups excluding tert-OH is 2. The molecule has 0 radical (unpaired) electrons. The summed E-state index contributed by atoms with van der Waals surface area (Å²) in [5, 5.41) is 26.5. The molecule has 0 amide bonds. The molecule has 9 rings (SSSR count). The van der Waals surface area contributed by atoms with Gasteiger partial charge in [-0.15, -0.1) is 0 Å². The van der Waals surface area contributed by atoms with Crippen molar-refractivity contribution in [1.29, 1.82) is 5.26 Å². The lowest BCUT2D eigenvalue weighted by Crippen LogP contribution is -2.58. The first-order valence-corrected chi connectivity index (χ1v) is 35.2. The average Bonchev–Trinajstić information content (AvgIpc) is 1.44. The van der Waals surface area contributed by atoms with Crippen LogP contribution in [-0.4, -0.2) is 375 Å². The fourth-order valence-electron chi connectivity index (χ4n) is 14.3. The Bertz CT molecular complexity index is 1920. The first kappa shape index (κ1) is 83.6. The van der Waals surface area contributed by atoms with Gasteiger partial charge in [0.1, 0.15) is 0 Å². The van der Waals surface area contributed by atoms with Crippen molar-refractivity contribution in [2.45, 2.75) is 189 Å². The molecule has 93 heavy (non-hydrogen) atoms. The van der Waals surface area contributed by atoms with Gasteiger partial charge in [0, 0.05) is 82.0 Å². The molecule has 0 aromatic rings. The Balaban J connectivity index is 0.000000238. The average molecular weight is 1350 g/mol. The van der Waals surface area contributed by atoms with Crippen LogP contribution in [0.2, 0.25) is 0 Å². The number of alkyl halides is 9. The van der Waals surface area contributed by atoms with Gasteiger partial charge < -0.3 is 53.8 Å². The Morgan fingerprint density at radius 3 is 0.989 bits per heavy atom. The van der Waals surface area contributed by atoms with Crippen molar-refractivity contribution >= 4 is 0 Å². The van der Waals surface area contributed by atoms with E-state index in [-0.39, 0.29) is 37.3 Å². The van der Waals surface area contributed by atoms with E-state index in [9.17, 15) is 39.5 Å². The predicted octanol–water partition coefficient (Wildman–Crippen LogP) is 6.92. The van der Waals surface area contributed by atoms with E-state index in [1.807, 2.05) is 21.1 Å². The zero-order valence-corrected chi connectivity index (χ0v) is 58.6. The van der Waals surface area contributed by atoms with Gasteiger partial charge in [-0.25, -0.2) is 0 Å². The Labute approximate surface area is 554 Å². The summed E-state index contributed by atoms with van der Waals surface area (Å²) in [5.74, 6) is 0. The summed E-state index contributed by atoms with van der Waals surface area (Å²) < 4.78 is 127. The maximum atomic E-state index is 12.6. The van der Waals surface area contributed by atoms with E-state index in [4.69, 9.17) is 29.7 Å². The highest BCUT2D eigenvalue weighted by Gasteiger charge is 2.42. The molecule has 0 unspecified atom stereocenters. The highest BCUT2D eigenvalue weighted by molar-refractivity contribution is 4.91. The number of methoxy groups -OCH3 is 1. The number of aliphatic hydroxyl groups is 2. The van der Waals surface area contributed by atoms with Crippen molar-refractivity contribution in [3.05, 3.63) is 0 Å². The van der Waals surface area contributed by atoms with Crippen molar-refractivity contribution in [2.75, 3.05) is 233 Å². The van der Waals surface area contributed by atoms with Crippen molar-refractivity contribution in [1.82, 2.24) is 58.8 Å². The smallest absolute Gasteiger partial charge is 0.395 e. The van der Waals surface area contributed by atoms with E-state index in [1.165, 1.54) is 121 Å². The molecule has 8 aliphatic heterocycles. The van der Waals surface area contributed by atoms with Crippen LogP contribution in [0.5, 0.6) is 0 Å². The highest BCUT2D eigenvalue weighted by Crippen LogP contribution is 2.31. The van der Waals surface area contributed by atoms with E-state index in [1.54, 1.807) is 4.90 Å². The van der Waals surface area contributed by atoms with E-state index >= 15 is 0 Å². The number of hydrogen-bond donors (Lipinski definition) is 2. The molecule has 27 heteroatoms. The molecule has 0 atom stereocenters. The summed E-state index contributed by atoms with van der Waals surface area (Å²) in [6, 6.07) is 5.98. The summed E-state index contributed by atoms with van der Waals surface area (Å²) >= 11 is 0. The van der Waals surface area contributed by atoms with Gasteiger partial charge in [0.05, 0.1) is 84.0 Å². The largest absolute Gasteiger partial charge is 0.401 e. The van der Waals surface area contributed by atoms with Crippen LogP contribution < -0.4 is 0 Å². The van der Waals surface area contributed by atoms with Crippen LogP contribution in [0.15, 0.2) is 0 Å².